The number of aromatic nitrogens is 2. The van der Waals surface area contributed by atoms with E-state index in [0.29, 0.717) is 0 Å². The molecular weight excluding hydrogens is 297 g/mol. The average Bonchev–Trinajstić information content (AvgIpc) is 2.36. The highest BCUT2D eigenvalue weighted by Gasteiger charge is 2.20. The van der Waals surface area contributed by atoms with E-state index in [9.17, 15) is 9.59 Å². The first-order valence-electron chi connectivity index (χ1n) is 5.20. The summed E-state index contributed by atoms with van der Waals surface area (Å²) >= 11 is 11.4. The van der Waals surface area contributed by atoms with E-state index in [1.807, 2.05) is 0 Å². The van der Waals surface area contributed by atoms with Crippen LogP contribution in [0.5, 0.6) is 0 Å². The summed E-state index contributed by atoms with van der Waals surface area (Å²) in [6, 6.07) is 0. The zero-order valence-corrected chi connectivity index (χ0v) is 11.7. The Bertz CT molecular complexity index is 496. The van der Waals surface area contributed by atoms with Gasteiger partial charge in [0.1, 0.15) is 12.2 Å². The van der Waals surface area contributed by atoms with Crippen LogP contribution in [-0.4, -0.2) is 42.2 Å². The van der Waals surface area contributed by atoms with Crippen LogP contribution < -0.4 is 5.32 Å². The van der Waals surface area contributed by atoms with Crippen LogP contribution in [0, 0.1) is 0 Å². The predicted octanol–water partition coefficient (Wildman–Crippen LogP) is 1.54. The summed E-state index contributed by atoms with van der Waals surface area (Å²) in [5.74, 6) is -1.26. The van der Waals surface area contributed by atoms with Gasteiger partial charge < -0.3 is 14.8 Å². The van der Waals surface area contributed by atoms with Crippen molar-refractivity contribution in [3.63, 3.8) is 0 Å². The molecule has 1 heterocycles. The maximum absolute atomic E-state index is 11.5. The summed E-state index contributed by atoms with van der Waals surface area (Å²) < 4.78 is 9.26. The fraction of sp³-hybridized carbons (Fsp3) is 0.400. The summed E-state index contributed by atoms with van der Waals surface area (Å²) in [4.78, 5) is 30.1. The number of anilines is 1. The van der Waals surface area contributed by atoms with Gasteiger partial charge in [-0.2, -0.15) is 0 Å². The number of hydrogen-bond acceptors (Lipinski definition) is 7. The van der Waals surface area contributed by atoms with Gasteiger partial charge in [-0.25, -0.2) is 14.8 Å². The SMILES string of the molecule is CCOC(=O)CNc1c(Cl)nc(Cl)nc1C(=O)OC. The van der Waals surface area contributed by atoms with Crippen LogP contribution >= 0.6 is 23.2 Å². The van der Waals surface area contributed by atoms with Crippen LogP contribution in [0.2, 0.25) is 10.4 Å². The lowest BCUT2D eigenvalue weighted by Gasteiger charge is -2.10. The molecule has 0 aliphatic rings. The number of methoxy groups -OCH3 is 1. The van der Waals surface area contributed by atoms with Gasteiger partial charge in [0.05, 0.1) is 13.7 Å². The van der Waals surface area contributed by atoms with Crippen molar-refractivity contribution in [1.82, 2.24) is 9.97 Å². The summed E-state index contributed by atoms with van der Waals surface area (Å²) in [6.45, 7) is 1.73. The van der Waals surface area contributed by atoms with Crippen molar-refractivity contribution in [2.45, 2.75) is 6.92 Å². The molecule has 104 valence electrons. The Labute approximate surface area is 119 Å². The van der Waals surface area contributed by atoms with E-state index in [1.54, 1.807) is 6.92 Å². The first-order chi connectivity index (χ1) is 8.99. The number of carbonyl (C=O) groups excluding carboxylic acids is 2. The van der Waals surface area contributed by atoms with Gasteiger partial charge in [0.25, 0.3) is 0 Å². The standard InChI is InChI=1S/C10H11Cl2N3O4/c1-3-19-5(16)4-13-6-7(9(17)18-2)14-10(12)15-8(6)11/h13H,3-4H2,1-2H3. The van der Waals surface area contributed by atoms with Crippen molar-refractivity contribution in [3.05, 3.63) is 16.1 Å². The quantitative estimate of drug-likeness (QED) is 0.501. The molecule has 1 aromatic heterocycles. The molecule has 0 radical (unpaired) electrons. The van der Waals surface area contributed by atoms with Gasteiger partial charge in [0.15, 0.2) is 10.8 Å². The highest BCUT2D eigenvalue weighted by atomic mass is 35.5. The molecule has 0 aliphatic carbocycles. The Balaban J connectivity index is 2.98. The van der Waals surface area contributed by atoms with E-state index < -0.39 is 11.9 Å². The lowest BCUT2D eigenvalue weighted by Crippen LogP contribution is -2.20. The molecule has 0 spiro atoms. The third-order valence-electron chi connectivity index (χ3n) is 1.93. The highest BCUT2D eigenvalue weighted by molar-refractivity contribution is 6.34. The molecule has 0 aliphatic heterocycles. The van der Waals surface area contributed by atoms with Crippen LogP contribution in [0.4, 0.5) is 5.69 Å². The molecule has 0 atom stereocenters. The molecular formula is C10H11Cl2N3O4. The number of carbonyl (C=O) groups is 2. The first kappa shape index (κ1) is 15.5. The van der Waals surface area contributed by atoms with Crippen LogP contribution in [0.25, 0.3) is 0 Å². The second-order valence-electron chi connectivity index (χ2n) is 3.16. The fourth-order valence-electron chi connectivity index (χ4n) is 1.18. The van der Waals surface area contributed by atoms with E-state index in [0.717, 1.165) is 0 Å². The van der Waals surface area contributed by atoms with Crippen LogP contribution in [0.3, 0.4) is 0 Å². The maximum atomic E-state index is 11.5. The van der Waals surface area contributed by atoms with Crippen LogP contribution in [0.1, 0.15) is 17.4 Å². The molecule has 0 aromatic carbocycles. The summed E-state index contributed by atoms with van der Waals surface area (Å²) in [5.41, 5.74) is -0.0947. The molecule has 0 unspecified atom stereocenters. The number of rotatable bonds is 5. The minimum atomic E-state index is -0.752. The van der Waals surface area contributed by atoms with Gasteiger partial charge in [-0.05, 0) is 18.5 Å². The molecule has 0 bridgehead atoms. The third kappa shape index (κ3) is 4.22. The molecule has 9 heteroatoms. The van der Waals surface area contributed by atoms with Crippen molar-refractivity contribution in [2.24, 2.45) is 0 Å². The van der Waals surface area contributed by atoms with Gasteiger partial charge in [0, 0.05) is 0 Å². The Morgan fingerprint density at radius 2 is 2.00 bits per heavy atom. The highest BCUT2D eigenvalue weighted by Crippen LogP contribution is 2.25. The molecule has 0 saturated carbocycles. The number of nitrogens with zero attached hydrogens (tertiary/aromatic N) is 2. The van der Waals surface area contributed by atoms with Gasteiger partial charge in [-0.1, -0.05) is 11.6 Å². The van der Waals surface area contributed by atoms with Gasteiger partial charge in [-0.15, -0.1) is 0 Å². The molecule has 1 rings (SSSR count). The van der Waals surface area contributed by atoms with Crippen molar-refractivity contribution >= 4 is 40.8 Å². The monoisotopic (exact) mass is 307 g/mol. The third-order valence-corrected chi connectivity index (χ3v) is 2.37. The topological polar surface area (TPSA) is 90.4 Å². The lowest BCUT2D eigenvalue weighted by molar-refractivity contribution is -0.140. The number of nitrogens with one attached hydrogen (secondary N) is 1. The van der Waals surface area contributed by atoms with Crippen molar-refractivity contribution in [1.29, 1.82) is 0 Å². The largest absolute Gasteiger partial charge is 0.465 e. The number of ether oxygens (including phenoxy) is 2. The van der Waals surface area contributed by atoms with E-state index in [1.165, 1.54) is 7.11 Å². The fourth-order valence-corrected chi connectivity index (χ4v) is 1.63. The van der Waals surface area contributed by atoms with Crippen LogP contribution in [0.15, 0.2) is 0 Å². The molecule has 0 saturated heterocycles. The molecule has 0 fully saturated rings. The van der Waals surface area contributed by atoms with Crippen molar-refractivity contribution in [2.75, 3.05) is 25.6 Å². The average molecular weight is 308 g/mol. The Kier molecular flexibility index (Phi) is 5.78. The predicted molar refractivity (Wildman–Crippen MR) is 68.5 cm³/mol. The normalized spacial score (nSPS) is 9.89. The van der Waals surface area contributed by atoms with Gasteiger partial charge in [0.2, 0.25) is 5.28 Å². The van der Waals surface area contributed by atoms with Crippen molar-refractivity contribution < 1.29 is 19.1 Å². The molecule has 1 N–H and O–H groups in total. The second-order valence-corrected chi connectivity index (χ2v) is 3.85. The van der Waals surface area contributed by atoms with E-state index in [-0.39, 0.29) is 35.0 Å². The lowest BCUT2D eigenvalue weighted by atomic mass is 10.3. The van der Waals surface area contributed by atoms with Crippen molar-refractivity contribution in [3.8, 4) is 0 Å². The number of halogens is 2. The summed E-state index contributed by atoms with van der Waals surface area (Å²) in [5, 5.41) is 2.32. The minimum absolute atomic E-state index is 0.0611. The maximum Gasteiger partial charge on any atom is 0.359 e. The Morgan fingerprint density at radius 1 is 1.32 bits per heavy atom. The minimum Gasteiger partial charge on any atom is -0.465 e. The molecule has 7 nitrogen and oxygen atoms in total. The van der Waals surface area contributed by atoms with Gasteiger partial charge >= 0.3 is 11.9 Å². The van der Waals surface area contributed by atoms with E-state index in [2.05, 4.69) is 20.0 Å². The van der Waals surface area contributed by atoms with E-state index in [4.69, 9.17) is 27.9 Å². The zero-order chi connectivity index (χ0) is 14.4. The number of esters is 2. The Hall–Kier alpha value is -1.60. The molecule has 1 aromatic rings. The second kappa shape index (κ2) is 7.10. The summed E-state index contributed by atoms with van der Waals surface area (Å²) in [7, 11) is 1.18. The molecule has 19 heavy (non-hydrogen) atoms. The molecule has 0 amide bonds. The van der Waals surface area contributed by atoms with Crippen LogP contribution in [-0.2, 0) is 14.3 Å². The zero-order valence-electron chi connectivity index (χ0n) is 10.2. The smallest absolute Gasteiger partial charge is 0.359 e. The van der Waals surface area contributed by atoms with E-state index >= 15 is 0 Å². The van der Waals surface area contributed by atoms with Gasteiger partial charge in [-0.3, -0.25) is 4.79 Å². The number of hydrogen-bond donors (Lipinski definition) is 1. The first-order valence-corrected chi connectivity index (χ1v) is 5.96. The Morgan fingerprint density at radius 3 is 2.58 bits per heavy atom. The summed E-state index contributed by atoms with van der Waals surface area (Å²) in [6.07, 6.45) is 0.